The van der Waals surface area contributed by atoms with Gasteiger partial charge in [0.2, 0.25) is 5.82 Å². The zero-order chi connectivity index (χ0) is 14.9. The van der Waals surface area contributed by atoms with Crippen molar-refractivity contribution in [3.05, 3.63) is 48.3 Å². The largest absolute Gasteiger partial charge is 0.347 e. The molecule has 0 bridgehead atoms. The number of carbonyl (C=O) groups excluding carboxylic acids is 1. The molecule has 0 spiro atoms. The van der Waals surface area contributed by atoms with Crippen LogP contribution in [0.1, 0.15) is 35.3 Å². The maximum atomic E-state index is 12.7. The van der Waals surface area contributed by atoms with E-state index in [1.54, 1.807) is 17.3 Å². The van der Waals surface area contributed by atoms with E-state index < -0.39 is 0 Å². The summed E-state index contributed by atoms with van der Waals surface area (Å²) in [6.07, 6.45) is 5.30. The van der Waals surface area contributed by atoms with Crippen LogP contribution in [0.2, 0.25) is 0 Å². The third kappa shape index (κ3) is 2.11. The lowest BCUT2D eigenvalue weighted by Crippen LogP contribution is -2.32. The van der Waals surface area contributed by atoms with Gasteiger partial charge in [-0.3, -0.25) is 4.79 Å². The van der Waals surface area contributed by atoms with Crippen molar-refractivity contribution in [2.75, 3.05) is 6.54 Å². The van der Waals surface area contributed by atoms with Gasteiger partial charge in [-0.2, -0.15) is 0 Å². The first-order valence-corrected chi connectivity index (χ1v) is 7.22. The minimum absolute atomic E-state index is 0.0439. The number of nitrogens with one attached hydrogen (secondary N) is 1. The van der Waals surface area contributed by atoms with Crippen LogP contribution in [0, 0.1) is 0 Å². The quantitative estimate of drug-likeness (QED) is 0.777. The summed E-state index contributed by atoms with van der Waals surface area (Å²) in [7, 11) is 0. The Morgan fingerprint density at radius 1 is 1.23 bits per heavy atom. The van der Waals surface area contributed by atoms with Gasteiger partial charge in [0, 0.05) is 18.9 Å². The summed E-state index contributed by atoms with van der Waals surface area (Å²) in [4.78, 5) is 26.2. The summed E-state index contributed by atoms with van der Waals surface area (Å²) in [5, 5.41) is 8.06. The minimum atomic E-state index is -0.197. The highest BCUT2D eigenvalue weighted by molar-refractivity contribution is 5.92. The van der Waals surface area contributed by atoms with Gasteiger partial charge in [-0.15, -0.1) is 10.2 Å². The second-order valence-corrected chi connectivity index (χ2v) is 5.26. The molecule has 1 atom stereocenters. The Hall–Kier alpha value is -2.83. The molecule has 1 aromatic carbocycles. The normalized spacial score (nSPS) is 18.0. The molecule has 2 aromatic heterocycles. The molecule has 1 N–H and O–H groups in total. The maximum absolute atomic E-state index is 12.7. The van der Waals surface area contributed by atoms with Gasteiger partial charge in [0.05, 0.1) is 11.6 Å². The Labute approximate surface area is 126 Å². The van der Waals surface area contributed by atoms with Crippen LogP contribution >= 0.6 is 0 Å². The Morgan fingerprint density at radius 3 is 2.91 bits per heavy atom. The van der Waals surface area contributed by atoms with Crippen LogP contribution in [-0.4, -0.2) is 42.5 Å². The van der Waals surface area contributed by atoms with Gasteiger partial charge in [0.15, 0.2) is 0 Å². The molecule has 110 valence electrons. The number of rotatable bonds is 2. The number of aromatic amines is 1. The molecule has 1 amide bonds. The Bertz CT molecular complexity index is 816. The van der Waals surface area contributed by atoms with Crippen molar-refractivity contribution in [3.8, 4) is 0 Å². The molecule has 7 nitrogen and oxygen atoms in total. The highest BCUT2D eigenvalue weighted by Gasteiger charge is 2.33. The number of hydrogen-bond donors (Lipinski definition) is 1. The van der Waals surface area contributed by atoms with Crippen molar-refractivity contribution in [2.24, 2.45) is 0 Å². The number of carbonyl (C=O) groups is 1. The standard InChI is InChI=1S/C15H14N6O/c22-15(14-18-10-4-1-2-5-11(10)19-20-14)21-9-3-6-12(21)13-16-7-8-17-13/h1-2,4-5,7-8,12H,3,6,9H2,(H,16,17). The smallest absolute Gasteiger partial charge is 0.294 e. The van der Waals surface area contributed by atoms with Gasteiger partial charge in [-0.1, -0.05) is 12.1 Å². The summed E-state index contributed by atoms with van der Waals surface area (Å²) in [6.45, 7) is 0.681. The van der Waals surface area contributed by atoms with Crippen LogP contribution in [-0.2, 0) is 0 Å². The molecular formula is C15H14N6O. The van der Waals surface area contributed by atoms with E-state index in [9.17, 15) is 4.79 Å². The molecule has 1 aliphatic heterocycles. The molecule has 7 heteroatoms. The molecule has 0 saturated carbocycles. The number of fused-ring (bicyclic) bond motifs is 1. The van der Waals surface area contributed by atoms with E-state index >= 15 is 0 Å². The monoisotopic (exact) mass is 294 g/mol. The lowest BCUT2D eigenvalue weighted by atomic mass is 10.2. The third-order valence-corrected chi connectivity index (χ3v) is 3.90. The average molecular weight is 294 g/mol. The van der Waals surface area contributed by atoms with Crippen LogP contribution < -0.4 is 0 Å². The SMILES string of the molecule is O=C(c1nnc2ccccc2n1)N1CCCC1c1ncc[nH]1. The van der Waals surface area contributed by atoms with Gasteiger partial charge in [-0.05, 0) is 25.0 Å². The number of nitrogens with zero attached hydrogens (tertiary/aromatic N) is 5. The fourth-order valence-electron chi connectivity index (χ4n) is 2.85. The topological polar surface area (TPSA) is 87.7 Å². The minimum Gasteiger partial charge on any atom is -0.347 e. The van der Waals surface area contributed by atoms with Gasteiger partial charge in [-0.25, -0.2) is 9.97 Å². The predicted molar refractivity (Wildman–Crippen MR) is 78.9 cm³/mol. The van der Waals surface area contributed by atoms with E-state index in [1.165, 1.54) is 0 Å². The second-order valence-electron chi connectivity index (χ2n) is 5.26. The average Bonchev–Trinajstić information content (AvgIpc) is 3.24. The third-order valence-electron chi connectivity index (χ3n) is 3.90. The number of imidazole rings is 1. The molecule has 3 aromatic rings. The summed E-state index contributed by atoms with van der Waals surface area (Å²) in [5.41, 5.74) is 1.36. The van der Waals surface area contributed by atoms with Crippen molar-refractivity contribution < 1.29 is 4.79 Å². The van der Waals surface area contributed by atoms with Gasteiger partial charge in [0.1, 0.15) is 11.3 Å². The number of likely N-dealkylation sites (tertiary alicyclic amines) is 1. The van der Waals surface area contributed by atoms with Crippen LogP contribution in [0.5, 0.6) is 0 Å². The summed E-state index contributed by atoms with van der Waals surface area (Å²) < 4.78 is 0. The molecule has 1 unspecified atom stereocenters. The van der Waals surface area contributed by atoms with Crippen molar-refractivity contribution in [1.29, 1.82) is 0 Å². The highest BCUT2D eigenvalue weighted by Crippen LogP contribution is 2.30. The zero-order valence-corrected chi connectivity index (χ0v) is 11.8. The summed E-state index contributed by atoms with van der Waals surface area (Å²) in [5.74, 6) is 0.744. The Balaban J connectivity index is 1.67. The molecule has 0 aliphatic carbocycles. The first-order chi connectivity index (χ1) is 10.8. The lowest BCUT2D eigenvalue weighted by molar-refractivity contribution is 0.0717. The molecule has 0 radical (unpaired) electrons. The van der Waals surface area contributed by atoms with Crippen molar-refractivity contribution in [1.82, 2.24) is 30.0 Å². The van der Waals surface area contributed by atoms with Crippen molar-refractivity contribution >= 4 is 16.9 Å². The van der Waals surface area contributed by atoms with Crippen molar-refractivity contribution in [3.63, 3.8) is 0 Å². The molecule has 22 heavy (non-hydrogen) atoms. The van der Waals surface area contributed by atoms with E-state index in [0.29, 0.717) is 17.6 Å². The van der Waals surface area contributed by atoms with E-state index in [0.717, 1.165) is 18.7 Å². The number of hydrogen-bond acceptors (Lipinski definition) is 5. The first-order valence-electron chi connectivity index (χ1n) is 7.22. The van der Waals surface area contributed by atoms with Crippen LogP contribution in [0.15, 0.2) is 36.7 Å². The maximum Gasteiger partial charge on any atom is 0.294 e. The number of amides is 1. The van der Waals surface area contributed by atoms with Gasteiger partial charge < -0.3 is 9.88 Å². The Kier molecular flexibility index (Phi) is 3.03. The Morgan fingerprint density at radius 2 is 2.09 bits per heavy atom. The fraction of sp³-hybridized carbons (Fsp3) is 0.267. The van der Waals surface area contributed by atoms with Gasteiger partial charge >= 0.3 is 0 Å². The highest BCUT2D eigenvalue weighted by atomic mass is 16.2. The number of aromatic nitrogens is 5. The number of benzene rings is 1. The molecule has 3 heterocycles. The molecular weight excluding hydrogens is 280 g/mol. The van der Waals surface area contributed by atoms with E-state index in [4.69, 9.17) is 0 Å². The lowest BCUT2D eigenvalue weighted by Gasteiger charge is -2.22. The molecule has 1 aliphatic rings. The fourth-order valence-corrected chi connectivity index (χ4v) is 2.85. The van der Waals surface area contributed by atoms with E-state index in [2.05, 4.69) is 25.1 Å². The number of H-pyrrole nitrogens is 1. The predicted octanol–water partition coefficient (Wildman–Crippen LogP) is 1.73. The summed E-state index contributed by atoms with van der Waals surface area (Å²) >= 11 is 0. The van der Waals surface area contributed by atoms with Crippen LogP contribution in [0.3, 0.4) is 0 Å². The van der Waals surface area contributed by atoms with Crippen LogP contribution in [0.4, 0.5) is 0 Å². The molecule has 1 fully saturated rings. The van der Waals surface area contributed by atoms with Gasteiger partial charge in [0.25, 0.3) is 5.91 Å². The first kappa shape index (κ1) is 12.9. The molecule has 4 rings (SSSR count). The van der Waals surface area contributed by atoms with E-state index in [-0.39, 0.29) is 17.8 Å². The molecule has 1 saturated heterocycles. The summed E-state index contributed by atoms with van der Waals surface area (Å²) in [6, 6.07) is 7.35. The number of para-hydroxylation sites is 1. The van der Waals surface area contributed by atoms with E-state index in [1.807, 2.05) is 24.3 Å². The van der Waals surface area contributed by atoms with Crippen LogP contribution in [0.25, 0.3) is 11.0 Å². The second kappa shape index (κ2) is 5.18. The zero-order valence-electron chi connectivity index (χ0n) is 11.8. The van der Waals surface area contributed by atoms with Crippen molar-refractivity contribution in [2.45, 2.75) is 18.9 Å².